The normalized spacial score (nSPS) is 12.5. The van der Waals surface area contributed by atoms with E-state index in [1.807, 2.05) is 6.92 Å². The third-order valence-corrected chi connectivity index (χ3v) is 3.16. The second kappa shape index (κ2) is 5.65. The molecule has 1 aromatic carbocycles. The first kappa shape index (κ1) is 13.3. The van der Waals surface area contributed by atoms with E-state index in [4.69, 9.17) is 0 Å². The molecule has 0 fully saturated rings. The van der Waals surface area contributed by atoms with Gasteiger partial charge < -0.3 is 14.7 Å². The zero-order chi connectivity index (χ0) is 13.8. The first-order valence-electron chi connectivity index (χ1n) is 6.29. The van der Waals surface area contributed by atoms with Crippen molar-refractivity contribution < 1.29 is 14.7 Å². The zero-order valence-corrected chi connectivity index (χ0v) is 10.7. The zero-order valence-electron chi connectivity index (χ0n) is 10.7. The van der Waals surface area contributed by atoms with E-state index in [-0.39, 0.29) is 18.2 Å². The number of benzene rings is 1. The minimum absolute atomic E-state index is 0.0808. The molecule has 1 N–H and O–H groups in total. The maximum absolute atomic E-state index is 11.1. The number of rotatable bonds is 6. The molecular formula is C14H16N2O3. The van der Waals surface area contributed by atoms with Gasteiger partial charge in [0.1, 0.15) is 24.4 Å². The molecule has 2 aromatic rings. The summed E-state index contributed by atoms with van der Waals surface area (Å²) in [5.41, 5.74) is 1.23. The lowest BCUT2D eigenvalue weighted by Crippen LogP contribution is -2.10. The lowest BCUT2D eigenvalue weighted by atomic mass is 10.1. The summed E-state index contributed by atoms with van der Waals surface area (Å²) in [6.45, 7) is 2.00. The van der Waals surface area contributed by atoms with E-state index in [2.05, 4.69) is 5.10 Å². The molecule has 0 saturated carbocycles. The highest BCUT2D eigenvalue weighted by Gasteiger charge is 2.14. The average Bonchev–Trinajstić information content (AvgIpc) is 2.83. The highest BCUT2D eigenvalue weighted by molar-refractivity contribution is 5.86. The predicted octanol–water partition coefficient (Wildman–Crippen LogP) is 2.02. The lowest BCUT2D eigenvalue weighted by molar-refractivity contribution is -0.111. The molecular weight excluding hydrogens is 244 g/mol. The number of aldehydes is 2. The molecule has 0 aliphatic carbocycles. The minimum Gasteiger partial charge on any atom is -0.508 e. The van der Waals surface area contributed by atoms with Crippen molar-refractivity contribution in [3.8, 4) is 5.75 Å². The van der Waals surface area contributed by atoms with Gasteiger partial charge in [0.15, 0.2) is 0 Å². The monoisotopic (exact) mass is 260 g/mol. The Morgan fingerprint density at radius 3 is 2.84 bits per heavy atom. The summed E-state index contributed by atoms with van der Waals surface area (Å²) in [5.74, 6) is 0.0808. The lowest BCUT2D eigenvalue weighted by Gasteiger charge is -2.08. The molecule has 5 heteroatoms. The van der Waals surface area contributed by atoms with Crippen LogP contribution in [0.2, 0.25) is 0 Å². The van der Waals surface area contributed by atoms with Gasteiger partial charge in [-0.2, -0.15) is 5.10 Å². The van der Waals surface area contributed by atoms with Crippen molar-refractivity contribution in [2.45, 2.75) is 32.2 Å². The van der Waals surface area contributed by atoms with E-state index < -0.39 is 0 Å². The van der Waals surface area contributed by atoms with E-state index >= 15 is 0 Å². The third kappa shape index (κ3) is 2.50. The van der Waals surface area contributed by atoms with Crippen LogP contribution in [-0.4, -0.2) is 27.5 Å². The Labute approximate surface area is 110 Å². The number of carbonyl (C=O) groups excluding carboxylic acids is 2. The Morgan fingerprint density at radius 2 is 2.21 bits per heavy atom. The molecule has 0 spiro atoms. The maximum atomic E-state index is 11.1. The van der Waals surface area contributed by atoms with Gasteiger partial charge in [-0.25, -0.2) is 0 Å². The molecule has 0 saturated heterocycles. The molecule has 1 atom stereocenters. The second-order valence-electron chi connectivity index (χ2n) is 4.47. The molecule has 0 aliphatic rings. The summed E-state index contributed by atoms with van der Waals surface area (Å²) < 4.78 is 1.61. The van der Waals surface area contributed by atoms with Gasteiger partial charge >= 0.3 is 0 Å². The molecule has 1 unspecified atom stereocenters. The van der Waals surface area contributed by atoms with Crippen molar-refractivity contribution in [2.75, 3.05) is 0 Å². The fourth-order valence-corrected chi connectivity index (χ4v) is 2.18. The van der Waals surface area contributed by atoms with Crippen LogP contribution in [0.4, 0.5) is 0 Å². The van der Waals surface area contributed by atoms with Gasteiger partial charge in [0.2, 0.25) is 0 Å². The third-order valence-electron chi connectivity index (χ3n) is 3.16. The van der Waals surface area contributed by atoms with E-state index in [1.165, 1.54) is 6.07 Å². The molecule has 0 amide bonds. The summed E-state index contributed by atoms with van der Waals surface area (Å²) >= 11 is 0. The van der Waals surface area contributed by atoms with Crippen LogP contribution in [0.25, 0.3) is 10.9 Å². The van der Waals surface area contributed by atoms with Gasteiger partial charge in [-0.05, 0) is 18.6 Å². The first-order valence-corrected chi connectivity index (χ1v) is 6.29. The summed E-state index contributed by atoms with van der Waals surface area (Å²) in [6, 6.07) is 2.90. The van der Waals surface area contributed by atoms with Gasteiger partial charge in [0, 0.05) is 23.6 Å². The Morgan fingerprint density at radius 1 is 1.42 bits per heavy atom. The maximum Gasteiger partial charge on any atom is 0.144 e. The van der Waals surface area contributed by atoms with E-state index in [0.29, 0.717) is 17.5 Å². The standard InChI is InChI=1S/C14H16N2O3/c1-2-3-10(9-18)16-8-12-11(6-7-17)14(19)5-4-13(12)15-16/h4-5,7-10,19H,2-3,6H2,1H3. The molecule has 1 aromatic heterocycles. The van der Waals surface area contributed by atoms with Gasteiger partial charge in [-0.1, -0.05) is 13.3 Å². The molecule has 5 nitrogen and oxygen atoms in total. The quantitative estimate of drug-likeness (QED) is 0.806. The number of fused-ring (bicyclic) bond motifs is 1. The summed E-state index contributed by atoms with van der Waals surface area (Å²) in [5, 5.41) is 14.8. The van der Waals surface area contributed by atoms with Crippen LogP contribution in [0.3, 0.4) is 0 Å². The smallest absolute Gasteiger partial charge is 0.144 e. The first-order chi connectivity index (χ1) is 9.21. The number of aromatic nitrogens is 2. The fraction of sp³-hybridized carbons (Fsp3) is 0.357. The largest absolute Gasteiger partial charge is 0.508 e. The number of hydrogen-bond donors (Lipinski definition) is 1. The van der Waals surface area contributed by atoms with Crippen molar-refractivity contribution >= 4 is 23.5 Å². The van der Waals surface area contributed by atoms with Crippen LogP contribution in [0, 0.1) is 0 Å². The minimum atomic E-state index is -0.302. The second-order valence-corrected chi connectivity index (χ2v) is 4.47. The van der Waals surface area contributed by atoms with Crippen LogP contribution in [0.5, 0.6) is 5.75 Å². The van der Waals surface area contributed by atoms with E-state index in [9.17, 15) is 14.7 Å². The molecule has 1 heterocycles. The number of carbonyl (C=O) groups is 2. The van der Waals surface area contributed by atoms with Crippen LogP contribution < -0.4 is 0 Å². The van der Waals surface area contributed by atoms with Crippen molar-refractivity contribution in [3.05, 3.63) is 23.9 Å². The SMILES string of the molecule is CCCC(C=O)n1cc2c(CC=O)c(O)ccc2n1. The van der Waals surface area contributed by atoms with Crippen molar-refractivity contribution in [1.29, 1.82) is 0 Å². The van der Waals surface area contributed by atoms with Gasteiger partial charge in [0.25, 0.3) is 0 Å². The highest BCUT2D eigenvalue weighted by Crippen LogP contribution is 2.27. The molecule has 100 valence electrons. The Bertz CT molecular complexity index is 604. The number of phenols is 1. The summed E-state index contributed by atoms with van der Waals surface area (Å²) in [4.78, 5) is 21.8. The molecule has 0 radical (unpaired) electrons. The topological polar surface area (TPSA) is 72.2 Å². The number of hydrogen-bond acceptors (Lipinski definition) is 4. The highest BCUT2D eigenvalue weighted by atomic mass is 16.3. The average molecular weight is 260 g/mol. The van der Waals surface area contributed by atoms with Gasteiger partial charge in [-0.3, -0.25) is 4.68 Å². The predicted molar refractivity (Wildman–Crippen MR) is 71.2 cm³/mol. The van der Waals surface area contributed by atoms with Crippen LogP contribution in [0.1, 0.15) is 31.4 Å². The van der Waals surface area contributed by atoms with Gasteiger partial charge in [0.05, 0.1) is 5.52 Å². The number of phenolic OH excluding ortho intramolecular Hbond substituents is 1. The summed E-state index contributed by atoms with van der Waals surface area (Å²) in [7, 11) is 0. The number of aromatic hydroxyl groups is 1. The van der Waals surface area contributed by atoms with E-state index in [1.54, 1.807) is 16.9 Å². The fourth-order valence-electron chi connectivity index (χ4n) is 2.18. The van der Waals surface area contributed by atoms with Crippen LogP contribution in [0.15, 0.2) is 18.3 Å². The summed E-state index contributed by atoms with van der Waals surface area (Å²) in [6.07, 6.45) is 5.07. The van der Waals surface area contributed by atoms with Crippen molar-refractivity contribution in [1.82, 2.24) is 9.78 Å². The molecule has 0 aliphatic heterocycles. The Kier molecular flexibility index (Phi) is 3.94. The van der Waals surface area contributed by atoms with Crippen molar-refractivity contribution in [2.24, 2.45) is 0 Å². The molecule has 2 rings (SSSR count). The van der Waals surface area contributed by atoms with Crippen LogP contribution >= 0.6 is 0 Å². The van der Waals surface area contributed by atoms with Gasteiger partial charge in [-0.15, -0.1) is 0 Å². The van der Waals surface area contributed by atoms with Crippen molar-refractivity contribution in [3.63, 3.8) is 0 Å². The van der Waals surface area contributed by atoms with Crippen LogP contribution in [-0.2, 0) is 16.0 Å². The molecule has 0 bridgehead atoms. The Hall–Kier alpha value is -2.17. The molecule has 19 heavy (non-hydrogen) atoms. The number of nitrogens with zero attached hydrogens (tertiary/aromatic N) is 2. The van der Waals surface area contributed by atoms with E-state index in [0.717, 1.165) is 24.4 Å². The Balaban J connectivity index is 2.52.